The number of ketones is 1. The Morgan fingerprint density at radius 2 is 1.77 bits per heavy atom. The zero-order valence-electron chi connectivity index (χ0n) is 20.7. The van der Waals surface area contributed by atoms with Crippen molar-refractivity contribution >= 4 is 24.9 Å². The second kappa shape index (κ2) is 9.16. The highest BCUT2D eigenvalue weighted by molar-refractivity contribution is 6.82. The van der Waals surface area contributed by atoms with Gasteiger partial charge in [-0.1, -0.05) is 41.5 Å². The third-order valence-corrected chi connectivity index (χ3v) is 14.0. The number of hydrogen-bond donors (Lipinski definition) is 1. The summed E-state index contributed by atoms with van der Waals surface area (Å²) >= 11 is 0. The van der Waals surface area contributed by atoms with Crippen LogP contribution in [-0.2, 0) is 4.74 Å². The van der Waals surface area contributed by atoms with Crippen molar-refractivity contribution in [2.24, 2.45) is 0 Å². The molecule has 0 radical (unpaired) electrons. The standard InChI is InChI=1S/C25H41N3O2Si/c1-17(2)30-16-25(12-9-13-26-25)24(29)21-10-11-23-22(14-21)15-27-28(23)31(18(3)4,19(5)6)20(7)8/h10-11,14-15,17-20,26H,9,12-13,16H2,1-8H3. The minimum atomic E-state index is -1.94. The quantitative estimate of drug-likeness (QED) is 0.394. The first-order valence-corrected chi connectivity index (χ1v) is 14.1. The van der Waals surface area contributed by atoms with E-state index in [9.17, 15) is 4.79 Å². The lowest BCUT2D eigenvalue weighted by Gasteiger charge is -2.43. The lowest BCUT2D eigenvalue weighted by molar-refractivity contribution is 0.0314. The number of nitrogens with zero attached hydrogens (tertiary/aromatic N) is 2. The molecule has 1 unspecified atom stereocenters. The summed E-state index contributed by atoms with van der Waals surface area (Å²) in [6.07, 6.45) is 3.88. The molecule has 0 aliphatic carbocycles. The van der Waals surface area contributed by atoms with Crippen LogP contribution in [0.5, 0.6) is 0 Å². The van der Waals surface area contributed by atoms with E-state index in [1.54, 1.807) is 0 Å². The number of Topliss-reactive ketones (excluding diaryl/α,β-unsaturated/α-hetero) is 1. The van der Waals surface area contributed by atoms with E-state index >= 15 is 0 Å². The van der Waals surface area contributed by atoms with E-state index in [-0.39, 0.29) is 11.9 Å². The number of carbonyl (C=O) groups excluding carboxylic acids is 1. The molecule has 1 fully saturated rings. The van der Waals surface area contributed by atoms with Crippen molar-refractivity contribution in [2.45, 2.75) is 96.5 Å². The van der Waals surface area contributed by atoms with E-state index in [0.29, 0.717) is 23.2 Å². The number of hydrogen-bond acceptors (Lipinski definition) is 4. The summed E-state index contributed by atoms with van der Waals surface area (Å²) in [5, 5.41) is 9.45. The van der Waals surface area contributed by atoms with Gasteiger partial charge < -0.3 is 10.1 Å². The topological polar surface area (TPSA) is 56.1 Å². The maximum Gasteiger partial charge on any atom is 0.193 e. The second-order valence-corrected chi connectivity index (χ2v) is 16.1. The highest BCUT2D eigenvalue weighted by Gasteiger charge is 2.47. The predicted molar refractivity (Wildman–Crippen MR) is 132 cm³/mol. The zero-order valence-corrected chi connectivity index (χ0v) is 21.7. The zero-order chi connectivity index (χ0) is 23.0. The van der Waals surface area contributed by atoms with E-state index in [4.69, 9.17) is 9.84 Å². The van der Waals surface area contributed by atoms with E-state index < -0.39 is 13.8 Å². The van der Waals surface area contributed by atoms with Crippen LogP contribution in [0, 0.1) is 0 Å². The first-order chi connectivity index (χ1) is 14.6. The molecule has 5 nitrogen and oxygen atoms in total. The molecule has 1 aromatic carbocycles. The first kappa shape index (κ1) is 24.1. The van der Waals surface area contributed by atoms with Crippen LogP contribution in [0.3, 0.4) is 0 Å². The Balaban J connectivity index is 2.03. The molecule has 1 N–H and O–H groups in total. The van der Waals surface area contributed by atoms with E-state index in [2.05, 4.69) is 57.3 Å². The van der Waals surface area contributed by atoms with Gasteiger partial charge in [-0.05, 0) is 68.1 Å². The molecular formula is C25H41N3O2Si. The van der Waals surface area contributed by atoms with Crippen molar-refractivity contribution in [1.82, 2.24) is 14.8 Å². The molecule has 0 spiro atoms. The number of carbonyl (C=O) groups is 1. The summed E-state index contributed by atoms with van der Waals surface area (Å²) < 4.78 is 8.26. The summed E-state index contributed by atoms with van der Waals surface area (Å²) in [5.74, 6) is 0.139. The Labute approximate surface area is 189 Å². The lowest BCUT2D eigenvalue weighted by Crippen LogP contribution is -2.52. The summed E-state index contributed by atoms with van der Waals surface area (Å²) in [4.78, 5) is 13.6. The van der Waals surface area contributed by atoms with Gasteiger partial charge in [0.25, 0.3) is 0 Å². The van der Waals surface area contributed by atoms with Crippen LogP contribution in [0.2, 0.25) is 16.6 Å². The minimum Gasteiger partial charge on any atom is -0.376 e. The molecule has 31 heavy (non-hydrogen) atoms. The molecular weight excluding hydrogens is 402 g/mol. The summed E-state index contributed by atoms with van der Waals surface area (Å²) in [7, 11) is -1.94. The van der Waals surface area contributed by atoms with Crippen LogP contribution >= 0.6 is 0 Å². The molecule has 1 aliphatic rings. The van der Waals surface area contributed by atoms with E-state index in [1.807, 2.05) is 32.2 Å². The average molecular weight is 444 g/mol. The smallest absolute Gasteiger partial charge is 0.193 e. The summed E-state index contributed by atoms with van der Waals surface area (Å²) in [5.41, 5.74) is 2.99. The SMILES string of the molecule is CC(C)OCC1(C(=O)c2ccc3c(cnn3[Si](C(C)C)(C(C)C)C(C)C)c2)CCCN1. The Morgan fingerprint density at radius 1 is 1.13 bits per heavy atom. The van der Waals surface area contributed by atoms with Crippen LogP contribution in [0.15, 0.2) is 24.4 Å². The van der Waals surface area contributed by atoms with Gasteiger partial charge in [0.15, 0.2) is 14.0 Å². The molecule has 2 aromatic rings. The van der Waals surface area contributed by atoms with Crippen LogP contribution in [0.1, 0.15) is 78.6 Å². The van der Waals surface area contributed by atoms with Gasteiger partial charge in [0.1, 0.15) is 5.54 Å². The Kier molecular flexibility index (Phi) is 7.14. The normalized spacial score (nSPS) is 20.1. The molecule has 1 saturated heterocycles. The van der Waals surface area contributed by atoms with Crippen LogP contribution in [-0.4, -0.2) is 48.3 Å². The number of nitrogens with one attached hydrogen (secondary N) is 1. The summed E-state index contributed by atoms with van der Waals surface area (Å²) in [6.45, 7) is 19.4. The van der Waals surface area contributed by atoms with Crippen molar-refractivity contribution in [3.05, 3.63) is 30.0 Å². The molecule has 2 heterocycles. The third-order valence-electron chi connectivity index (χ3n) is 7.31. The first-order valence-electron chi connectivity index (χ1n) is 12.0. The Morgan fingerprint density at radius 3 is 2.29 bits per heavy atom. The van der Waals surface area contributed by atoms with Gasteiger partial charge in [0.05, 0.1) is 24.4 Å². The highest BCUT2D eigenvalue weighted by Crippen LogP contribution is 2.43. The molecule has 0 saturated carbocycles. The van der Waals surface area contributed by atoms with E-state index in [0.717, 1.165) is 35.9 Å². The van der Waals surface area contributed by atoms with Gasteiger partial charge in [-0.25, -0.2) is 0 Å². The van der Waals surface area contributed by atoms with Crippen molar-refractivity contribution in [2.75, 3.05) is 13.2 Å². The molecule has 0 amide bonds. The monoisotopic (exact) mass is 443 g/mol. The number of aromatic nitrogens is 2. The van der Waals surface area contributed by atoms with Crippen molar-refractivity contribution in [3.8, 4) is 0 Å². The van der Waals surface area contributed by atoms with Gasteiger partial charge in [0.2, 0.25) is 0 Å². The molecule has 1 aromatic heterocycles. The van der Waals surface area contributed by atoms with Gasteiger partial charge in [0, 0.05) is 10.9 Å². The van der Waals surface area contributed by atoms with Gasteiger partial charge >= 0.3 is 0 Å². The minimum absolute atomic E-state index is 0.106. The molecule has 1 atom stereocenters. The van der Waals surface area contributed by atoms with Crippen molar-refractivity contribution in [3.63, 3.8) is 0 Å². The van der Waals surface area contributed by atoms with Crippen LogP contribution in [0.4, 0.5) is 0 Å². The Hall–Kier alpha value is -1.50. The molecule has 6 heteroatoms. The molecule has 1 aliphatic heterocycles. The van der Waals surface area contributed by atoms with Gasteiger partial charge in [-0.15, -0.1) is 0 Å². The second-order valence-electron chi connectivity index (χ2n) is 10.5. The molecule has 0 bridgehead atoms. The van der Waals surface area contributed by atoms with Crippen molar-refractivity contribution < 1.29 is 9.53 Å². The van der Waals surface area contributed by atoms with Crippen LogP contribution in [0.25, 0.3) is 10.9 Å². The molecule has 172 valence electrons. The fourth-order valence-corrected chi connectivity index (χ4v) is 12.3. The number of fused-ring (bicyclic) bond motifs is 1. The largest absolute Gasteiger partial charge is 0.376 e. The van der Waals surface area contributed by atoms with Gasteiger partial charge in [-0.2, -0.15) is 5.10 Å². The van der Waals surface area contributed by atoms with Gasteiger partial charge in [-0.3, -0.25) is 9.14 Å². The fourth-order valence-electron chi connectivity index (χ4n) is 5.99. The number of ether oxygens (including phenoxy) is 1. The summed E-state index contributed by atoms with van der Waals surface area (Å²) in [6, 6.07) is 6.16. The highest BCUT2D eigenvalue weighted by atomic mass is 28.3. The fraction of sp³-hybridized carbons (Fsp3) is 0.680. The number of rotatable bonds is 9. The maximum absolute atomic E-state index is 13.6. The third kappa shape index (κ3) is 4.14. The number of benzene rings is 1. The maximum atomic E-state index is 13.6. The lowest BCUT2D eigenvalue weighted by atomic mass is 9.88. The molecule has 3 rings (SSSR count). The predicted octanol–water partition coefficient (Wildman–Crippen LogP) is 5.79. The van der Waals surface area contributed by atoms with E-state index in [1.165, 1.54) is 0 Å². The Bertz CT molecular complexity index is 889. The average Bonchev–Trinajstić information content (AvgIpc) is 3.33. The van der Waals surface area contributed by atoms with Crippen LogP contribution < -0.4 is 5.32 Å². The van der Waals surface area contributed by atoms with Crippen molar-refractivity contribution in [1.29, 1.82) is 0 Å².